The summed E-state index contributed by atoms with van der Waals surface area (Å²) in [6, 6.07) is 7.62. The highest BCUT2D eigenvalue weighted by Crippen LogP contribution is 2.28. The van der Waals surface area contributed by atoms with Gasteiger partial charge in [0, 0.05) is 30.8 Å². The molecule has 6 nitrogen and oxygen atoms in total. The van der Waals surface area contributed by atoms with Gasteiger partial charge in [-0.15, -0.1) is 0 Å². The summed E-state index contributed by atoms with van der Waals surface area (Å²) < 4.78 is 1.79. The standard InChI is InChI=1S/C17H19ClN6/c1-23-16-14(11-19-23)15(20-13-7-5-6-12(18)10-13)21-17(22-16)24-8-3-2-4-9-24/h5-7,10-11H,2-4,8-9H2,1H3,(H,20,21,22). The molecule has 0 spiro atoms. The Morgan fingerprint density at radius 2 is 1.96 bits per heavy atom. The molecular formula is C17H19ClN6. The SMILES string of the molecule is Cn1ncc2c(Nc3cccc(Cl)c3)nc(N3CCCCC3)nc21. The molecule has 1 N–H and O–H groups in total. The Kier molecular flexibility index (Phi) is 3.98. The van der Waals surface area contributed by atoms with Crippen LogP contribution in [0.4, 0.5) is 17.5 Å². The number of hydrogen-bond acceptors (Lipinski definition) is 5. The molecule has 1 saturated heterocycles. The summed E-state index contributed by atoms with van der Waals surface area (Å²) in [4.78, 5) is 11.7. The van der Waals surface area contributed by atoms with Crippen LogP contribution in [0, 0.1) is 0 Å². The Balaban J connectivity index is 1.77. The fourth-order valence-corrected chi connectivity index (χ4v) is 3.23. The number of aryl methyl sites for hydroxylation is 1. The lowest BCUT2D eigenvalue weighted by Gasteiger charge is -2.27. The van der Waals surface area contributed by atoms with Gasteiger partial charge >= 0.3 is 0 Å². The van der Waals surface area contributed by atoms with Crippen molar-refractivity contribution in [3.63, 3.8) is 0 Å². The molecule has 1 aromatic carbocycles. The maximum absolute atomic E-state index is 6.09. The van der Waals surface area contributed by atoms with Crippen LogP contribution in [0.25, 0.3) is 11.0 Å². The summed E-state index contributed by atoms with van der Waals surface area (Å²) in [7, 11) is 1.90. The van der Waals surface area contributed by atoms with Crippen LogP contribution >= 0.6 is 11.6 Å². The lowest BCUT2D eigenvalue weighted by atomic mass is 10.1. The van der Waals surface area contributed by atoms with Crippen molar-refractivity contribution in [1.82, 2.24) is 19.7 Å². The van der Waals surface area contributed by atoms with E-state index in [0.717, 1.165) is 41.6 Å². The molecular weight excluding hydrogens is 324 g/mol. The summed E-state index contributed by atoms with van der Waals surface area (Å²) in [5, 5.41) is 9.29. The lowest BCUT2D eigenvalue weighted by Crippen LogP contribution is -2.31. The number of anilines is 3. The van der Waals surface area contributed by atoms with Gasteiger partial charge in [0.05, 0.1) is 11.6 Å². The molecule has 3 heterocycles. The first-order valence-corrected chi connectivity index (χ1v) is 8.56. The van der Waals surface area contributed by atoms with E-state index in [1.54, 1.807) is 10.9 Å². The molecule has 124 valence electrons. The average molecular weight is 343 g/mol. The molecule has 2 aromatic heterocycles. The Labute approximate surface area is 145 Å². The Morgan fingerprint density at radius 1 is 1.12 bits per heavy atom. The van der Waals surface area contributed by atoms with Gasteiger partial charge in [0.15, 0.2) is 5.65 Å². The minimum Gasteiger partial charge on any atom is -0.341 e. The lowest BCUT2D eigenvalue weighted by molar-refractivity contribution is 0.568. The molecule has 0 saturated carbocycles. The van der Waals surface area contributed by atoms with Gasteiger partial charge in [0.1, 0.15) is 5.82 Å². The maximum Gasteiger partial charge on any atom is 0.229 e. The van der Waals surface area contributed by atoms with Crippen molar-refractivity contribution >= 4 is 40.1 Å². The van der Waals surface area contributed by atoms with Crippen LogP contribution in [0.1, 0.15) is 19.3 Å². The van der Waals surface area contributed by atoms with Gasteiger partial charge in [0.2, 0.25) is 5.95 Å². The second-order valence-corrected chi connectivity index (χ2v) is 6.50. The molecule has 0 atom stereocenters. The number of rotatable bonds is 3. The highest BCUT2D eigenvalue weighted by Gasteiger charge is 2.18. The monoisotopic (exact) mass is 342 g/mol. The van der Waals surface area contributed by atoms with Crippen molar-refractivity contribution in [2.75, 3.05) is 23.3 Å². The van der Waals surface area contributed by atoms with Crippen LogP contribution in [-0.4, -0.2) is 32.8 Å². The number of nitrogens with one attached hydrogen (secondary N) is 1. The zero-order valence-electron chi connectivity index (χ0n) is 13.5. The van der Waals surface area contributed by atoms with Crippen LogP contribution in [0.15, 0.2) is 30.5 Å². The first-order chi connectivity index (χ1) is 11.7. The Morgan fingerprint density at radius 3 is 2.75 bits per heavy atom. The minimum atomic E-state index is 0.688. The van der Waals surface area contributed by atoms with E-state index in [0.29, 0.717) is 5.02 Å². The van der Waals surface area contributed by atoms with E-state index < -0.39 is 0 Å². The van der Waals surface area contributed by atoms with Gasteiger partial charge in [-0.1, -0.05) is 17.7 Å². The molecule has 0 radical (unpaired) electrons. The number of halogens is 1. The third-order valence-electron chi connectivity index (χ3n) is 4.31. The minimum absolute atomic E-state index is 0.688. The van der Waals surface area contributed by atoms with E-state index in [4.69, 9.17) is 21.6 Å². The molecule has 4 rings (SSSR count). The first kappa shape index (κ1) is 15.2. The van der Waals surface area contributed by atoms with Crippen molar-refractivity contribution in [1.29, 1.82) is 0 Å². The highest BCUT2D eigenvalue weighted by molar-refractivity contribution is 6.30. The van der Waals surface area contributed by atoms with Crippen LogP contribution in [-0.2, 0) is 7.05 Å². The zero-order valence-corrected chi connectivity index (χ0v) is 14.3. The Bertz CT molecular complexity index is 869. The second kappa shape index (κ2) is 6.28. The van der Waals surface area contributed by atoms with E-state index in [9.17, 15) is 0 Å². The summed E-state index contributed by atoms with van der Waals surface area (Å²) in [5.41, 5.74) is 1.73. The third-order valence-corrected chi connectivity index (χ3v) is 4.54. The quantitative estimate of drug-likeness (QED) is 0.785. The maximum atomic E-state index is 6.09. The predicted molar refractivity (Wildman–Crippen MR) is 97.1 cm³/mol. The summed E-state index contributed by atoms with van der Waals surface area (Å²) in [6.07, 6.45) is 5.44. The van der Waals surface area contributed by atoms with Crippen LogP contribution in [0.5, 0.6) is 0 Å². The molecule has 1 aliphatic rings. The van der Waals surface area contributed by atoms with E-state index >= 15 is 0 Å². The molecule has 0 unspecified atom stereocenters. The van der Waals surface area contributed by atoms with E-state index in [-0.39, 0.29) is 0 Å². The van der Waals surface area contributed by atoms with Gasteiger partial charge in [0.25, 0.3) is 0 Å². The van der Waals surface area contributed by atoms with Gasteiger partial charge in [-0.05, 0) is 37.5 Å². The van der Waals surface area contributed by atoms with Gasteiger partial charge in [-0.25, -0.2) is 0 Å². The fraction of sp³-hybridized carbons (Fsp3) is 0.353. The number of hydrogen-bond donors (Lipinski definition) is 1. The van der Waals surface area contributed by atoms with Gasteiger partial charge < -0.3 is 10.2 Å². The summed E-state index contributed by atoms with van der Waals surface area (Å²) in [5.74, 6) is 1.52. The largest absolute Gasteiger partial charge is 0.341 e. The molecule has 3 aromatic rings. The normalized spacial score (nSPS) is 15.0. The predicted octanol–water partition coefficient (Wildman–Crippen LogP) is 3.75. The van der Waals surface area contributed by atoms with E-state index in [1.807, 2.05) is 31.3 Å². The summed E-state index contributed by atoms with van der Waals surface area (Å²) >= 11 is 6.09. The topological polar surface area (TPSA) is 58.9 Å². The van der Waals surface area contributed by atoms with Crippen LogP contribution in [0.2, 0.25) is 5.02 Å². The highest BCUT2D eigenvalue weighted by atomic mass is 35.5. The van der Waals surface area contributed by atoms with E-state index in [2.05, 4.69) is 15.3 Å². The number of aromatic nitrogens is 4. The molecule has 1 aliphatic heterocycles. The average Bonchev–Trinajstić information content (AvgIpc) is 2.97. The second-order valence-electron chi connectivity index (χ2n) is 6.06. The smallest absolute Gasteiger partial charge is 0.229 e. The van der Waals surface area contributed by atoms with Crippen LogP contribution in [0.3, 0.4) is 0 Å². The number of benzene rings is 1. The summed E-state index contributed by atoms with van der Waals surface area (Å²) in [6.45, 7) is 2.00. The van der Waals surface area contributed by atoms with Crippen molar-refractivity contribution < 1.29 is 0 Å². The van der Waals surface area contributed by atoms with Crippen molar-refractivity contribution in [2.45, 2.75) is 19.3 Å². The molecule has 0 aliphatic carbocycles. The van der Waals surface area contributed by atoms with Crippen molar-refractivity contribution in [2.24, 2.45) is 7.05 Å². The van der Waals surface area contributed by atoms with Crippen molar-refractivity contribution in [3.8, 4) is 0 Å². The zero-order chi connectivity index (χ0) is 16.5. The van der Waals surface area contributed by atoms with Crippen molar-refractivity contribution in [3.05, 3.63) is 35.5 Å². The molecule has 0 amide bonds. The fourth-order valence-electron chi connectivity index (χ4n) is 3.04. The number of fused-ring (bicyclic) bond motifs is 1. The molecule has 0 bridgehead atoms. The molecule has 1 fully saturated rings. The molecule has 7 heteroatoms. The van der Waals surface area contributed by atoms with Crippen LogP contribution < -0.4 is 10.2 Å². The first-order valence-electron chi connectivity index (χ1n) is 8.18. The number of nitrogens with zero attached hydrogens (tertiary/aromatic N) is 5. The molecule has 24 heavy (non-hydrogen) atoms. The van der Waals surface area contributed by atoms with Gasteiger partial charge in [-0.3, -0.25) is 4.68 Å². The third kappa shape index (κ3) is 2.89. The Hall–Kier alpha value is -2.34. The number of piperidine rings is 1. The van der Waals surface area contributed by atoms with E-state index in [1.165, 1.54) is 19.3 Å². The van der Waals surface area contributed by atoms with Gasteiger partial charge in [-0.2, -0.15) is 15.1 Å².